The van der Waals surface area contributed by atoms with Gasteiger partial charge in [-0.3, -0.25) is 14.4 Å². The van der Waals surface area contributed by atoms with E-state index in [-0.39, 0.29) is 17.9 Å². The Balaban J connectivity index is 1.66. The molecule has 3 atom stereocenters. The third-order valence-electron chi connectivity index (χ3n) is 5.46. The Labute approximate surface area is 170 Å². The molecule has 1 aliphatic rings. The van der Waals surface area contributed by atoms with Crippen molar-refractivity contribution in [3.05, 3.63) is 65.7 Å². The SMILES string of the molecule is CC(NC(=O)c1cccc(NC(=O)C2CCCCC2C(=O)O)c1)c1ccccc1. The number of aliphatic carboxylic acids is 1. The summed E-state index contributed by atoms with van der Waals surface area (Å²) >= 11 is 0. The van der Waals surface area contributed by atoms with Crippen LogP contribution in [0.4, 0.5) is 5.69 Å². The molecule has 0 aromatic heterocycles. The van der Waals surface area contributed by atoms with Gasteiger partial charge in [-0.2, -0.15) is 0 Å². The molecule has 1 aliphatic carbocycles. The lowest BCUT2D eigenvalue weighted by atomic mass is 9.78. The fraction of sp³-hybridized carbons (Fsp3) is 0.348. The predicted molar refractivity (Wildman–Crippen MR) is 110 cm³/mol. The zero-order valence-corrected chi connectivity index (χ0v) is 16.4. The largest absolute Gasteiger partial charge is 0.481 e. The summed E-state index contributed by atoms with van der Waals surface area (Å²) in [4.78, 5) is 36.7. The Bertz CT molecular complexity index is 881. The molecule has 6 heteroatoms. The summed E-state index contributed by atoms with van der Waals surface area (Å²) < 4.78 is 0. The van der Waals surface area contributed by atoms with E-state index in [0.717, 1.165) is 18.4 Å². The standard InChI is InChI=1S/C23H26N2O4/c1-15(16-8-3-2-4-9-16)24-21(26)17-10-7-11-18(14-17)25-22(27)19-12-5-6-13-20(19)23(28)29/h2-4,7-11,14-15,19-20H,5-6,12-13H2,1H3,(H,24,26)(H,25,27)(H,28,29). The van der Waals surface area contributed by atoms with Gasteiger partial charge in [0.2, 0.25) is 5.91 Å². The van der Waals surface area contributed by atoms with E-state index in [2.05, 4.69) is 10.6 Å². The first-order chi connectivity index (χ1) is 14.0. The van der Waals surface area contributed by atoms with Gasteiger partial charge in [0.1, 0.15) is 0 Å². The van der Waals surface area contributed by atoms with Gasteiger partial charge < -0.3 is 15.7 Å². The van der Waals surface area contributed by atoms with Gasteiger partial charge in [-0.05, 0) is 43.5 Å². The van der Waals surface area contributed by atoms with E-state index >= 15 is 0 Å². The lowest BCUT2D eigenvalue weighted by molar-refractivity contribution is -0.147. The lowest BCUT2D eigenvalue weighted by Gasteiger charge is -2.27. The van der Waals surface area contributed by atoms with Gasteiger partial charge >= 0.3 is 5.97 Å². The van der Waals surface area contributed by atoms with Crippen molar-refractivity contribution in [3.8, 4) is 0 Å². The second-order valence-electron chi connectivity index (χ2n) is 7.51. The van der Waals surface area contributed by atoms with E-state index in [1.807, 2.05) is 37.3 Å². The number of anilines is 1. The molecule has 1 saturated carbocycles. The molecule has 6 nitrogen and oxygen atoms in total. The van der Waals surface area contributed by atoms with Crippen LogP contribution >= 0.6 is 0 Å². The van der Waals surface area contributed by atoms with Gasteiger partial charge in [0.05, 0.1) is 17.9 Å². The number of hydrogen-bond acceptors (Lipinski definition) is 3. The molecule has 29 heavy (non-hydrogen) atoms. The summed E-state index contributed by atoms with van der Waals surface area (Å²) in [5, 5.41) is 15.1. The smallest absolute Gasteiger partial charge is 0.307 e. The van der Waals surface area contributed by atoms with Crippen LogP contribution in [0.15, 0.2) is 54.6 Å². The van der Waals surface area contributed by atoms with Crippen molar-refractivity contribution in [2.24, 2.45) is 11.8 Å². The van der Waals surface area contributed by atoms with E-state index in [0.29, 0.717) is 24.1 Å². The minimum atomic E-state index is -0.923. The maximum Gasteiger partial charge on any atom is 0.307 e. The minimum Gasteiger partial charge on any atom is -0.481 e. The first-order valence-corrected chi connectivity index (χ1v) is 9.95. The van der Waals surface area contributed by atoms with Gasteiger partial charge in [0.15, 0.2) is 0 Å². The maximum absolute atomic E-state index is 12.7. The highest BCUT2D eigenvalue weighted by atomic mass is 16.4. The predicted octanol–water partition coefficient (Wildman–Crippen LogP) is 4.01. The number of benzene rings is 2. The summed E-state index contributed by atoms with van der Waals surface area (Å²) in [6, 6.07) is 16.2. The van der Waals surface area contributed by atoms with Gasteiger partial charge in [0.25, 0.3) is 5.91 Å². The van der Waals surface area contributed by atoms with Gasteiger partial charge in [-0.15, -0.1) is 0 Å². The first-order valence-electron chi connectivity index (χ1n) is 9.95. The maximum atomic E-state index is 12.7. The average molecular weight is 394 g/mol. The Morgan fingerprint density at radius 2 is 1.66 bits per heavy atom. The van der Waals surface area contributed by atoms with Crippen LogP contribution in [0.3, 0.4) is 0 Å². The highest BCUT2D eigenvalue weighted by molar-refractivity contribution is 5.98. The normalized spacial score (nSPS) is 19.8. The molecule has 0 bridgehead atoms. The monoisotopic (exact) mass is 394 g/mol. The topological polar surface area (TPSA) is 95.5 Å². The van der Waals surface area contributed by atoms with Crippen molar-refractivity contribution in [1.82, 2.24) is 5.32 Å². The van der Waals surface area contributed by atoms with Crippen LogP contribution in [0.1, 0.15) is 54.6 Å². The van der Waals surface area contributed by atoms with Crippen LogP contribution in [0, 0.1) is 11.8 Å². The van der Waals surface area contributed by atoms with E-state index in [9.17, 15) is 19.5 Å². The van der Waals surface area contributed by atoms with E-state index in [1.165, 1.54) is 0 Å². The molecule has 0 radical (unpaired) electrons. The van der Waals surface area contributed by atoms with Crippen LogP contribution in [-0.4, -0.2) is 22.9 Å². The summed E-state index contributed by atoms with van der Waals surface area (Å²) in [7, 11) is 0. The molecular weight excluding hydrogens is 368 g/mol. The van der Waals surface area contributed by atoms with Crippen LogP contribution in [0.2, 0.25) is 0 Å². The number of carbonyl (C=O) groups excluding carboxylic acids is 2. The number of carboxylic acid groups (broad SMARTS) is 1. The van der Waals surface area contributed by atoms with Crippen molar-refractivity contribution in [3.63, 3.8) is 0 Å². The van der Waals surface area contributed by atoms with Crippen LogP contribution in [-0.2, 0) is 9.59 Å². The molecular formula is C23H26N2O4. The molecule has 3 rings (SSSR count). The fourth-order valence-corrected chi connectivity index (χ4v) is 3.82. The number of hydrogen-bond donors (Lipinski definition) is 3. The van der Waals surface area contributed by atoms with Crippen molar-refractivity contribution >= 4 is 23.5 Å². The molecule has 152 valence electrons. The Morgan fingerprint density at radius 3 is 2.34 bits per heavy atom. The second kappa shape index (κ2) is 9.37. The molecule has 3 N–H and O–H groups in total. The quantitative estimate of drug-likeness (QED) is 0.690. The molecule has 0 heterocycles. The van der Waals surface area contributed by atoms with Crippen molar-refractivity contribution < 1.29 is 19.5 Å². The molecule has 0 aliphatic heterocycles. The molecule has 0 spiro atoms. The number of carboxylic acids is 1. The highest BCUT2D eigenvalue weighted by Crippen LogP contribution is 2.31. The average Bonchev–Trinajstić information content (AvgIpc) is 2.74. The van der Waals surface area contributed by atoms with Gasteiger partial charge in [-0.25, -0.2) is 0 Å². The summed E-state index contributed by atoms with van der Waals surface area (Å²) in [6.45, 7) is 1.91. The van der Waals surface area contributed by atoms with Gasteiger partial charge in [-0.1, -0.05) is 49.2 Å². The van der Waals surface area contributed by atoms with E-state index < -0.39 is 17.8 Å². The minimum absolute atomic E-state index is 0.152. The summed E-state index contributed by atoms with van der Waals surface area (Å²) in [6.07, 6.45) is 2.77. The molecule has 2 aromatic carbocycles. The Hall–Kier alpha value is -3.15. The van der Waals surface area contributed by atoms with E-state index in [1.54, 1.807) is 24.3 Å². The van der Waals surface area contributed by atoms with Crippen LogP contribution in [0.25, 0.3) is 0 Å². The number of carbonyl (C=O) groups is 3. The van der Waals surface area contributed by atoms with Gasteiger partial charge in [0, 0.05) is 11.3 Å². The lowest BCUT2D eigenvalue weighted by Crippen LogP contribution is -2.36. The molecule has 0 saturated heterocycles. The zero-order valence-electron chi connectivity index (χ0n) is 16.4. The third-order valence-corrected chi connectivity index (χ3v) is 5.46. The Morgan fingerprint density at radius 1 is 0.966 bits per heavy atom. The van der Waals surface area contributed by atoms with E-state index in [4.69, 9.17) is 0 Å². The highest BCUT2D eigenvalue weighted by Gasteiger charge is 2.35. The molecule has 3 unspecified atom stereocenters. The summed E-state index contributed by atoms with van der Waals surface area (Å²) in [5.41, 5.74) is 1.93. The molecule has 2 aromatic rings. The summed E-state index contributed by atoms with van der Waals surface area (Å²) in [5.74, 6) is -2.66. The van der Waals surface area contributed by atoms with Crippen LogP contribution < -0.4 is 10.6 Å². The fourth-order valence-electron chi connectivity index (χ4n) is 3.82. The number of rotatable bonds is 6. The van der Waals surface area contributed by atoms with Crippen molar-refractivity contribution in [1.29, 1.82) is 0 Å². The zero-order chi connectivity index (χ0) is 20.8. The third kappa shape index (κ3) is 5.22. The first kappa shape index (κ1) is 20.6. The molecule has 1 fully saturated rings. The number of amides is 2. The number of nitrogens with one attached hydrogen (secondary N) is 2. The van der Waals surface area contributed by atoms with Crippen molar-refractivity contribution in [2.75, 3.05) is 5.32 Å². The van der Waals surface area contributed by atoms with Crippen molar-refractivity contribution in [2.45, 2.75) is 38.6 Å². The second-order valence-corrected chi connectivity index (χ2v) is 7.51. The Kier molecular flexibility index (Phi) is 6.65. The van der Waals surface area contributed by atoms with Crippen LogP contribution in [0.5, 0.6) is 0 Å². The molecule has 2 amide bonds.